The van der Waals surface area contributed by atoms with Crippen molar-refractivity contribution in [2.24, 2.45) is 29.4 Å². The van der Waals surface area contributed by atoms with Gasteiger partial charge in [-0.15, -0.1) is 0 Å². The molecule has 1 aromatic carbocycles. The molecular weight excluding hydrogens is 272 g/mol. The van der Waals surface area contributed by atoms with Gasteiger partial charge in [0.15, 0.2) is 0 Å². The first kappa shape index (κ1) is 14.7. The minimum atomic E-state index is -0.674. The zero-order valence-corrected chi connectivity index (χ0v) is 13.3. The largest absolute Gasteiger partial charge is 0.384 e. The summed E-state index contributed by atoms with van der Waals surface area (Å²) in [4.78, 5) is 2.49. The number of hydrogen-bond acceptors (Lipinski definition) is 3. The third-order valence-electron chi connectivity index (χ3n) is 6.49. The molecular formula is C19H28N2O. The Morgan fingerprint density at radius 1 is 1.09 bits per heavy atom. The van der Waals surface area contributed by atoms with Crippen molar-refractivity contribution >= 4 is 0 Å². The quantitative estimate of drug-likeness (QED) is 0.876. The minimum Gasteiger partial charge on any atom is -0.384 e. The average Bonchev–Trinajstić information content (AvgIpc) is 2.96. The van der Waals surface area contributed by atoms with Gasteiger partial charge in [-0.05, 0) is 48.6 Å². The van der Waals surface area contributed by atoms with Crippen molar-refractivity contribution in [2.45, 2.75) is 31.3 Å². The van der Waals surface area contributed by atoms with E-state index in [0.29, 0.717) is 5.92 Å². The molecule has 3 heteroatoms. The maximum atomic E-state index is 11.6. The van der Waals surface area contributed by atoms with Crippen LogP contribution in [0.3, 0.4) is 0 Å². The van der Waals surface area contributed by atoms with E-state index in [1.54, 1.807) is 0 Å². The number of piperidine rings is 1. The molecule has 0 aromatic heterocycles. The van der Waals surface area contributed by atoms with Gasteiger partial charge in [0.25, 0.3) is 0 Å². The molecule has 3 aliphatic rings. The van der Waals surface area contributed by atoms with E-state index in [0.717, 1.165) is 62.3 Å². The molecule has 22 heavy (non-hydrogen) atoms. The minimum absolute atomic E-state index is 0.414. The zero-order valence-electron chi connectivity index (χ0n) is 13.3. The molecule has 0 bridgehead atoms. The first-order valence-corrected chi connectivity index (χ1v) is 8.92. The molecule has 1 heterocycles. The number of nitrogens with two attached hydrogens (primary N) is 1. The molecule has 1 aromatic rings. The van der Waals surface area contributed by atoms with E-state index >= 15 is 0 Å². The number of likely N-dealkylation sites (tertiary alicyclic amines) is 1. The number of β-amino-alcohol motifs (C(OH)–C–C–N with tert-alkyl or cyclic N) is 1. The van der Waals surface area contributed by atoms with Crippen LogP contribution in [0.4, 0.5) is 0 Å². The van der Waals surface area contributed by atoms with Crippen LogP contribution in [0.15, 0.2) is 30.3 Å². The van der Waals surface area contributed by atoms with Crippen LogP contribution in [0.1, 0.15) is 31.2 Å². The predicted molar refractivity (Wildman–Crippen MR) is 88.3 cm³/mol. The van der Waals surface area contributed by atoms with Crippen LogP contribution in [0.5, 0.6) is 0 Å². The molecule has 120 valence electrons. The summed E-state index contributed by atoms with van der Waals surface area (Å²) in [5.41, 5.74) is 6.25. The van der Waals surface area contributed by atoms with Gasteiger partial charge in [0.1, 0.15) is 5.60 Å². The van der Waals surface area contributed by atoms with Gasteiger partial charge in [-0.25, -0.2) is 0 Å². The number of aliphatic hydroxyl groups is 1. The first-order chi connectivity index (χ1) is 10.7. The maximum absolute atomic E-state index is 11.6. The van der Waals surface area contributed by atoms with E-state index in [2.05, 4.69) is 29.2 Å². The van der Waals surface area contributed by atoms with Crippen LogP contribution in [-0.4, -0.2) is 36.2 Å². The second kappa shape index (κ2) is 5.63. The van der Waals surface area contributed by atoms with Crippen molar-refractivity contribution in [2.75, 3.05) is 26.2 Å². The molecule has 1 aliphatic heterocycles. The highest BCUT2D eigenvalue weighted by atomic mass is 16.3. The Kier molecular flexibility index (Phi) is 3.75. The third kappa shape index (κ3) is 2.40. The zero-order chi connectivity index (χ0) is 15.2. The Bertz CT molecular complexity index is 501. The highest BCUT2D eigenvalue weighted by Gasteiger charge is 2.55. The Morgan fingerprint density at radius 3 is 2.32 bits per heavy atom. The Morgan fingerprint density at radius 2 is 1.73 bits per heavy atom. The Hall–Kier alpha value is -0.900. The second-order valence-corrected chi connectivity index (χ2v) is 7.69. The highest BCUT2D eigenvalue weighted by Crippen LogP contribution is 2.52. The predicted octanol–water partition coefficient (Wildman–Crippen LogP) is 2.20. The van der Waals surface area contributed by atoms with Crippen molar-refractivity contribution in [1.82, 2.24) is 4.90 Å². The fourth-order valence-electron chi connectivity index (χ4n) is 5.14. The fourth-order valence-corrected chi connectivity index (χ4v) is 5.14. The van der Waals surface area contributed by atoms with Crippen molar-refractivity contribution in [3.05, 3.63) is 35.9 Å². The number of benzene rings is 1. The smallest absolute Gasteiger partial charge is 0.105 e. The van der Waals surface area contributed by atoms with Crippen molar-refractivity contribution in [1.29, 1.82) is 0 Å². The molecule has 2 saturated carbocycles. The molecule has 4 rings (SSSR count). The molecule has 2 aliphatic carbocycles. The lowest BCUT2D eigenvalue weighted by Gasteiger charge is -2.38. The summed E-state index contributed by atoms with van der Waals surface area (Å²) < 4.78 is 0. The lowest BCUT2D eigenvalue weighted by atomic mass is 9.79. The van der Waals surface area contributed by atoms with E-state index < -0.39 is 5.60 Å². The highest BCUT2D eigenvalue weighted by molar-refractivity contribution is 5.25. The molecule has 3 fully saturated rings. The van der Waals surface area contributed by atoms with Crippen LogP contribution >= 0.6 is 0 Å². The van der Waals surface area contributed by atoms with Crippen molar-refractivity contribution < 1.29 is 5.11 Å². The summed E-state index contributed by atoms with van der Waals surface area (Å²) >= 11 is 0. The van der Waals surface area contributed by atoms with Gasteiger partial charge in [-0.2, -0.15) is 0 Å². The summed E-state index contributed by atoms with van der Waals surface area (Å²) in [5.74, 6) is 2.77. The summed E-state index contributed by atoms with van der Waals surface area (Å²) in [7, 11) is 0. The molecule has 0 spiro atoms. The molecule has 0 radical (unpaired) electrons. The van der Waals surface area contributed by atoms with Crippen molar-refractivity contribution in [3.63, 3.8) is 0 Å². The van der Waals surface area contributed by atoms with Gasteiger partial charge < -0.3 is 10.8 Å². The van der Waals surface area contributed by atoms with Crippen LogP contribution in [0.25, 0.3) is 0 Å². The number of rotatable bonds is 5. The molecule has 1 saturated heterocycles. The SMILES string of the molecule is NCC1C2CN(CC(O)(c3ccccc3)C3CCCC3)CC12. The van der Waals surface area contributed by atoms with Gasteiger partial charge >= 0.3 is 0 Å². The lowest BCUT2D eigenvalue weighted by molar-refractivity contribution is -0.0486. The summed E-state index contributed by atoms with van der Waals surface area (Å²) in [5, 5.41) is 11.6. The summed E-state index contributed by atoms with van der Waals surface area (Å²) in [6.45, 7) is 3.91. The topological polar surface area (TPSA) is 49.5 Å². The molecule has 3 N–H and O–H groups in total. The van der Waals surface area contributed by atoms with E-state index in [4.69, 9.17) is 5.73 Å². The van der Waals surface area contributed by atoms with Gasteiger partial charge in [-0.1, -0.05) is 43.2 Å². The number of fused-ring (bicyclic) bond motifs is 1. The van der Waals surface area contributed by atoms with Gasteiger partial charge in [-0.3, -0.25) is 4.90 Å². The van der Waals surface area contributed by atoms with Gasteiger partial charge in [0.2, 0.25) is 0 Å². The first-order valence-electron chi connectivity index (χ1n) is 8.92. The normalized spacial score (nSPS) is 34.5. The number of nitrogens with zero attached hydrogens (tertiary/aromatic N) is 1. The number of hydrogen-bond donors (Lipinski definition) is 2. The summed E-state index contributed by atoms with van der Waals surface area (Å²) in [6, 6.07) is 10.4. The summed E-state index contributed by atoms with van der Waals surface area (Å²) in [6.07, 6.45) is 4.86. The van der Waals surface area contributed by atoms with Gasteiger partial charge in [0, 0.05) is 19.6 Å². The molecule has 3 atom stereocenters. The molecule has 3 unspecified atom stereocenters. The lowest BCUT2D eigenvalue weighted by Crippen LogP contribution is -2.45. The van der Waals surface area contributed by atoms with E-state index in [1.807, 2.05) is 6.07 Å². The second-order valence-electron chi connectivity index (χ2n) is 7.69. The Labute approximate surface area is 133 Å². The van der Waals surface area contributed by atoms with E-state index in [9.17, 15) is 5.11 Å². The van der Waals surface area contributed by atoms with Crippen LogP contribution in [-0.2, 0) is 5.60 Å². The van der Waals surface area contributed by atoms with Crippen LogP contribution in [0.2, 0.25) is 0 Å². The molecule has 3 nitrogen and oxygen atoms in total. The average molecular weight is 300 g/mol. The molecule has 0 amide bonds. The fraction of sp³-hybridized carbons (Fsp3) is 0.684. The third-order valence-corrected chi connectivity index (χ3v) is 6.49. The van der Waals surface area contributed by atoms with Crippen LogP contribution < -0.4 is 5.73 Å². The maximum Gasteiger partial charge on any atom is 0.105 e. The van der Waals surface area contributed by atoms with Crippen molar-refractivity contribution in [3.8, 4) is 0 Å². The van der Waals surface area contributed by atoms with Gasteiger partial charge in [0.05, 0.1) is 0 Å². The van der Waals surface area contributed by atoms with E-state index in [1.165, 1.54) is 12.8 Å². The standard InChI is InChI=1S/C19H28N2O/c20-10-16-17-11-21(12-18(16)17)13-19(22,15-8-4-5-9-15)14-6-2-1-3-7-14/h1-3,6-7,15-18,22H,4-5,8-13,20H2. The van der Waals surface area contributed by atoms with Crippen LogP contribution in [0, 0.1) is 23.7 Å². The monoisotopic (exact) mass is 300 g/mol. The van der Waals surface area contributed by atoms with E-state index in [-0.39, 0.29) is 0 Å². The Balaban J connectivity index is 1.51.